The van der Waals surface area contributed by atoms with Gasteiger partial charge in [0.15, 0.2) is 11.9 Å². The summed E-state index contributed by atoms with van der Waals surface area (Å²) in [5.41, 5.74) is 6.50. The van der Waals surface area contributed by atoms with Crippen LogP contribution in [0.25, 0.3) is 11.0 Å². The molecular formula is C17H19F3N6O4. The fourth-order valence-corrected chi connectivity index (χ4v) is 2.94. The van der Waals surface area contributed by atoms with Gasteiger partial charge in [-0.1, -0.05) is 5.92 Å². The Morgan fingerprint density at radius 3 is 2.87 bits per heavy atom. The predicted octanol–water partition coefficient (Wildman–Crippen LogP) is -0.141. The van der Waals surface area contributed by atoms with E-state index < -0.39 is 30.5 Å². The third-order valence-electron chi connectivity index (χ3n) is 4.40. The maximum absolute atomic E-state index is 12.1. The second-order valence-electron chi connectivity index (χ2n) is 6.52. The summed E-state index contributed by atoms with van der Waals surface area (Å²) in [5, 5.41) is 25.7. The van der Waals surface area contributed by atoms with Crippen molar-refractivity contribution < 1.29 is 32.9 Å². The summed E-state index contributed by atoms with van der Waals surface area (Å²) in [5.74, 6) is 3.68. The summed E-state index contributed by atoms with van der Waals surface area (Å²) < 4.78 is 43.4. The lowest BCUT2D eigenvalue weighted by atomic mass is 10.2. The van der Waals surface area contributed by atoms with Gasteiger partial charge in [-0.05, 0) is 12.3 Å². The molecule has 30 heavy (non-hydrogen) atoms. The molecule has 0 bridgehead atoms. The molecule has 0 saturated carbocycles. The first-order chi connectivity index (χ1) is 14.2. The van der Waals surface area contributed by atoms with Crippen molar-refractivity contribution in [1.29, 1.82) is 0 Å². The molecule has 5 N–H and O–H groups in total. The standard InChI is InChI=1S/C17H19F3N6O4/c18-17(19,20)16(29)22-5-3-1-2-4-9-13-14(21)23-8-24-15(13)26(25-9)12-6-10(28)11(7-27)30-12/h8,10-12,27-28H,1,3,5-7H2,(H,22,29)(H2,21,23,24)/t10-,11+,12+/m0/s1. The van der Waals surface area contributed by atoms with Crippen LogP contribution in [0.2, 0.25) is 0 Å². The van der Waals surface area contributed by atoms with Crippen LogP contribution in [0, 0.1) is 11.8 Å². The lowest BCUT2D eigenvalue weighted by Crippen LogP contribution is -2.37. The molecule has 1 aliphatic heterocycles. The van der Waals surface area contributed by atoms with Gasteiger partial charge in [-0.2, -0.15) is 18.3 Å². The van der Waals surface area contributed by atoms with E-state index in [0.717, 1.165) is 0 Å². The van der Waals surface area contributed by atoms with Crippen molar-refractivity contribution in [2.24, 2.45) is 0 Å². The number of nitrogens with one attached hydrogen (secondary N) is 1. The number of amides is 1. The number of carbonyl (C=O) groups excluding carboxylic acids is 1. The molecule has 10 nitrogen and oxygen atoms in total. The summed E-state index contributed by atoms with van der Waals surface area (Å²) in [6, 6.07) is 0. The summed E-state index contributed by atoms with van der Waals surface area (Å²) in [6.07, 6.45) is -5.42. The Hall–Kier alpha value is -2.95. The van der Waals surface area contributed by atoms with E-state index in [0.29, 0.717) is 11.0 Å². The van der Waals surface area contributed by atoms with Gasteiger partial charge in [-0.25, -0.2) is 14.6 Å². The van der Waals surface area contributed by atoms with Gasteiger partial charge in [0, 0.05) is 19.4 Å². The van der Waals surface area contributed by atoms with E-state index in [9.17, 15) is 28.2 Å². The van der Waals surface area contributed by atoms with Gasteiger partial charge in [0.2, 0.25) is 0 Å². The quantitative estimate of drug-likeness (QED) is 0.380. The maximum Gasteiger partial charge on any atom is 0.471 e. The van der Waals surface area contributed by atoms with Crippen LogP contribution in [-0.4, -0.2) is 67.4 Å². The topological polar surface area (TPSA) is 148 Å². The van der Waals surface area contributed by atoms with Crippen LogP contribution in [0.4, 0.5) is 19.0 Å². The number of carbonyl (C=O) groups is 1. The fourth-order valence-electron chi connectivity index (χ4n) is 2.94. The highest BCUT2D eigenvalue weighted by Gasteiger charge is 2.38. The Bertz CT molecular complexity index is 983. The number of nitrogen functional groups attached to an aromatic ring is 1. The molecule has 0 aromatic carbocycles. The molecule has 1 aliphatic rings. The normalized spacial score (nSPS) is 21.4. The molecule has 162 valence electrons. The summed E-state index contributed by atoms with van der Waals surface area (Å²) in [4.78, 5) is 18.8. The first kappa shape index (κ1) is 21.8. The number of rotatable bonds is 5. The molecule has 0 aliphatic carbocycles. The van der Waals surface area contributed by atoms with Crippen molar-refractivity contribution in [2.75, 3.05) is 18.9 Å². The van der Waals surface area contributed by atoms with Crippen LogP contribution in [0.3, 0.4) is 0 Å². The van der Waals surface area contributed by atoms with Crippen LogP contribution in [0.15, 0.2) is 6.33 Å². The molecule has 13 heteroatoms. The maximum atomic E-state index is 12.1. The molecule has 0 radical (unpaired) electrons. The Labute approximate surface area is 168 Å². The Morgan fingerprint density at radius 1 is 1.43 bits per heavy atom. The number of unbranched alkanes of at least 4 members (excludes halogenated alkanes) is 1. The molecule has 1 amide bonds. The van der Waals surface area contributed by atoms with Gasteiger partial charge in [-0.3, -0.25) is 4.79 Å². The zero-order valence-corrected chi connectivity index (χ0v) is 15.6. The zero-order chi connectivity index (χ0) is 21.9. The second kappa shape index (κ2) is 8.82. The van der Waals surface area contributed by atoms with Crippen LogP contribution in [0.1, 0.15) is 31.2 Å². The number of hydrogen-bond acceptors (Lipinski definition) is 8. The number of ether oxygens (including phenoxy) is 1. The SMILES string of the molecule is Nc1ncnc2c1c(C#CCCCNC(=O)C(F)(F)F)nn2[C@H]1C[C@H](O)[C@@H](CO)O1. The second-order valence-corrected chi connectivity index (χ2v) is 6.52. The van der Waals surface area contributed by atoms with E-state index in [-0.39, 0.29) is 43.9 Å². The van der Waals surface area contributed by atoms with Crippen molar-refractivity contribution in [3.8, 4) is 11.8 Å². The first-order valence-corrected chi connectivity index (χ1v) is 8.99. The number of aliphatic hydroxyl groups excluding tert-OH is 2. The third-order valence-corrected chi connectivity index (χ3v) is 4.40. The zero-order valence-electron chi connectivity index (χ0n) is 15.6. The fraction of sp³-hybridized carbons (Fsp3) is 0.529. The van der Waals surface area contributed by atoms with Gasteiger partial charge in [0.25, 0.3) is 0 Å². The molecular weight excluding hydrogens is 409 g/mol. The van der Waals surface area contributed by atoms with E-state index >= 15 is 0 Å². The summed E-state index contributed by atoms with van der Waals surface area (Å²) >= 11 is 0. The number of aliphatic hydroxyl groups is 2. The third kappa shape index (κ3) is 4.61. The van der Waals surface area contributed by atoms with Gasteiger partial charge in [0.05, 0.1) is 18.1 Å². The molecule has 2 aromatic heterocycles. The number of alkyl halides is 3. The van der Waals surface area contributed by atoms with Crippen molar-refractivity contribution in [3.05, 3.63) is 12.0 Å². The van der Waals surface area contributed by atoms with E-state index in [1.54, 1.807) is 5.32 Å². The minimum absolute atomic E-state index is 0.130. The van der Waals surface area contributed by atoms with Gasteiger partial charge < -0.3 is 26.0 Å². The molecule has 0 spiro atoms. The highest BCUT2D eigenvalue weighted by Crippen LogP contribution is 2.32. The van der Waals surface area contributed by atoms with E-state index in [1.807, 2.05) is 0 Å². The van der Waals surface area contributed by atoms with Crippen molar-refractivity contribution in [1.82, 2.24) is 25.1 Å². The molecule has 3 atom stereocenters. The lowest BCUT2D eigenvalue weighted by Gasteiger charge is -2.12. The van der Waals surface area contributed by atoms with Crippen LogP contribution in [-0.2, 0) is 9.53 Å². The van der Waals surface area contributed by atoms with Gasteiger partial charge >= 0.3 is 12.1 Å². The van der Waals surface area contributed by atoms with Crippen LogP contribution < -0.4 is 11.1 Å². The molecule has 3 rings (SSSR count). The lowest BCUT2D eigenvalue weighted by molar-refractivity contribution is -0.173. The van der Waals surface area contributed by atoms with Crippen LogP contribution >= 0.6 is 0 Å². The molecule has 0 unspecified atom stereocenters. The molecule has 2 aromatic rings. The highest BCUT2D eigenvalue weighted by atomic mass is 19.4. The largest absolute Gasteiger partial charge is 0.471 e. The van der Waals surface area contributed by atoms with E-state index in [2.05, 4.69) is 26.9 Å². The molecule has 1 saturated heterocycles. The smallest absolute Gasteiger partial charge is 0.394 e. The Kier molecular flexibility index (Phi) is 6.40. The number of halogens is 3. The number of aromatic nitrogens is 4. The van der Waals surface area contributed by atoms with Crippen molar-refractivity contribution >= 4 is 22.8 Å². The molecule has 3 heterocycles. The minimum Gasteiger partial charge on any atom is -0.394 e. The highest BCUT2D eigenvalue weighted by molar-refractivity contribution is 5.90. The van der Waals surface area contributed by atoms with E-state index in [4.69, 9.17) is 10.5 Å². The average molecular weight is 428 g/mol. The van der Waals surface area contributed by atoms with Gasteiger partial charge in [0.1, 0.15) is 23.9 Å². The minimum atomic E-state index is -4.92. The predicted molar refractivity (Wildman–Crippen MR) is 96.5 cm³/mol. The Balaban J connectivity index is 1.73. The number of fused-ring (bicyclic) bond motifs is 1. The number of nitrogens with zero attached hydrogens (tertiary/aromatic N) is 4. The summed E-state index contributed by atoms with van der Waals surface area (Å²) in [6.45, 7) is -0.532. The average Bonchev–Trinajstić information content (AvgIpc) is 3.24. The first-order valence-electron chi connectivity index (χ1n) is 8.99. The molecule has 1 fully saturated rings. The number of anilines is 1. The van der Waals surface area contributed by atoms with Gasteiger partial charge in [-0.15, -0.1) is 0 Å². The van der Waals surface area contributed by atoms with E-state index in [1.165, 1.54) is 11.0 Å². The Morgan fingerprint density at radius 2 is 2.20 bits per heavy atom. The van der Waals surface area contributed by atoms with Crippen molar-refractivity contribution in [3.63, 3.8) is 0 Å². The van der Waals surface area contributed by atoms with Crippen LogP contribution in [0.5, 0.6) is 0 Å². The van der Waals surface area contributed by atoms with Crippen molar-refractivity contribution in [2.45, 2.75) is 43.9 Å². The number of hydrogen-bond donors (Lipinski definition) is 4. The monoisotopic (exact) mass is 428 g/mol. The summed E-state index contributed by atoms with van der Waals surface area (Å²) in [7, 11) is 0. The number of nitrogens with two attached hydrogens (primary N) is 1.